The quantitative estimate of drug-likeness (QED) is 0.665. The van der Waals surface area contributed by atoms with Gasteiger partial charge in [-0.1, -0.05) is 23.7 Å². The maximum Gasteiger partial charge on any atom is 0.223 e. The van der Waals surface area contributed by atoms with Crippen molar-refractivity contribution < 1.29 is 9.59 Å². The van der Waals surface area contributed by atoms with E-state index >= 15 is 0 Å². The van der Waals surface area contributed by atoms with Crippen LogP contribution >= 0.6 is 11.6 Å². The number of halogens is 1. The molecule has 2 atom stereocenters. The van der Waals surface area contributed by atoms with Gasteiger partial charge in [0, 0.05) is 69.5 Å². The van der Waals surface area contributed by atoms with E-state index in [0.717, 1.165) is 50.6 Å². The number of carbonyl (C=O) groups is 2. The summed E-state index contributed by atoms with van der Waals surface area (Å²) in [5, 5.41) is 0.727. The van der Waals surface area contributed by atoms with E-state index in [0.29, 0.717) is 12.3 Å². The van der Waals surface area contributed by atoms with Crippen molar-refractivity contribution in [1.29, 1.82) is 0 Å². The molecule has 0 N–H and O–H groups in total. The molecule has 2 aromatic rings. The zero-order valence-corrected chi connectivity index (χ0v) is 20.2. The van der Waals surface area contributed by atoms with Gasteiger partial charge in [0.25, 0.3) is 0 Å². The van der Waals surface area contributed by atoms with Gasteiger partial charge in [0.1, 0.15) is 0 Å². The summed E-state index contributed by atoms with van der Waals surface area (Å²) in [6.45, 7) is 7.65. The molecule has 1 aromatic heterocycles. The first kappa shape index (κ1) is 23.7. The van der Waals surface area contributed by atoms with Gasteiger partial charge in [-0.3, -0.25) is 19.5 Å². The number of nitrogens with zero attached hydrogens (tertiary/aromatic N) is 4. The van der Waals surface area contributed by atoms with Gasteiger partial charge >= 0.3 is 0 Å². The molecule has 0 aliphatic carbocycles. The van der Waals surface area contributed by atoms with Crippen LogP contribution in [0.4, 0.5) is 0 Å². The summed E-state index contributed by atoms with van der Waals surface area (Å²) in [4.78, 5) is 35.3. The number of amides is 2. The highest BCUT2D eigenvalue weighted by Gasteiger charge is 2.33. The largest absolute Gasteiger partial charge is 0.343 e. The van der Waals surface area contributed by atoms with Crippen LogP contribution in [0.5, 0.6) is 0 Å². The van der Waals surface area contributed by atoms with Crippen LogP contribution in [0.1, 0.15) is 50.3 Å². The van der Waals surface area contributed by atoms with Crippen LogP contribution in [0.3, 0.4) is 0 Å². The van der Waals surface area contributed by atoms with Gasteiger partial charge in [0.2, 0.25) is 11.8 Å². The second-order valence-electron chi connectivity index (χ2n) is 9.32. The molecule has 0 radical (unpaired) electrons. The molecule has 3 heterocycles. The van der Waals surface area contributed by atoms with Crippen molar-refractivity contribution in [2.45, 2.75) is 45.2 Å². The number of hydrogen-bond acceptors (Lipinski definition) is 4. The molecule has 7 heteroatoms. The molecule has 0 bridgehead atoms. The molecule has 4 rings (SSSR count). The van der Waals surface area contributed by atoms with E-state index in [2.05, 4.69) is 46.0 Å². The van der Waals surface area contributed by atoms with Crippen LogP contribution in [0.2, 0.25) is 5.02 Å². The van der Waals surface area contributed by atoms with Gasteiger partial charge in [-0.05, 0) is 61.1 Å². The van der Waals surface area contributed by atoms with Crippen molar-refractivity contribution in [2.75, 3.05) is 32.7 Å². The molecule has 2 amide bonds. The lowest BCUT2D eigenvalue weighted by Gasteiger charge is -2.44. The topological polar surface area (TPSA) is 56.8 Å². The van der Waals surface area contributed by atoms with Gasteiger partial charge in [0.05, 0.1) is 6.04 Å². The molecule has 0 saturated carbocycles. The van der Waals surface area contributed by atoms with Crippen molar-refractivity contribution in [3.8, 4) is 0 Å². The van der Waals surface area contributed by atoms with E-state index in [4.69, 9.17) is 11.6 Å². The first-order valence-electron chi connectivity index (χ1n) is 11.9. The van der Waals surface area contributed by atoms with E-state index in [9.17, 15) is 9.59 Å². The Morgan fingerprint density at radius 1 is 1.00 bits per heavy atom. The van der Waals surface area contributed by atoms with Crippen LogP contribution in [0.25, 0.3) is 0 Å². The fraction of sp³-hybridized carbons (Fsp3) is 0.500. The van der Waals surface area contributed by atoms with Crippen molar-refractivity contribution in [3.63, 3.8) is 0 Å². The van der Waals surface area contributed by atoms with Crippen LogP contribution in [-0.2, 0) is 9.59 Å². The Hall–Kier alpha value is -2.44. The average Bonchev–Trinajstić information content (AvgIpc) is 2.81. The van der Waals surface area contributed by atoms with Gasteiger partial charge in [-0.25, -0.2) is 0 Å². The van der Waals surface area contributed by atoms with E-state index in [1.165, 1.54) is 11.1 Å². The van der Waals surface area contributed by atoms with Gasteiger partial charge in [-0.15, -0.1) is 0 Å². The number of rotatable bonds is 5. The maximum absolute atomic E-state index is 13.2. The van der Waals surface area contributed by atoms with Gasteiger partial charge in [-0.2, -0.15) is 0 Å². The zero-order chi connectivity index (χ0) is 23.4. The minimum atomic E-state index is 0.0980. The zero-order valence-electron chi connectivity index (χ0n) is 19.5. The molecular formula is C26H33ClN4O2. The minimum Gasteiger partial charge on any atom is -0.343 e. The molecule has 0 spiro atoms. The number of carbonyl (C=O) groups excluding carboxylic acids is 2. The Kier molecular flexibility index (Phi) is 7.66. The number of piperazine rings is 1. The van der Waals surface area contributed by atoms with Gasteiger partial charge in [0.15, 0.2) is 0 Å². The number of aromatic nitrogens is 1. The Balaban J connectivity index is 1.41. The predicted molar refractivity (Wildman–Crippen MR) is 130 cm³/mol. The highest BCUT2D eigenvalue weighted by Crippen LogP contribution is 2.32. The minimum absolute atomic E-state index is 0.0980. The number of piperidine rings is 1. The van der Waals surface area contributed by atoms with Crippen molar-refractivity contribution in [3.05, 3.63) is 64.9 Å². The molecule has 176 valence electrons. The van der Waals surface area contributed by atoms with Crippen LogP contribution in [-0.4, -0.2) is 70.3 Å². The van der Waals surface area contributed by atoms with Crippen molar-refractivity contribution in [2.24, 2.45) is 5.92 Å². The fourth-order valence-electron chi connectivity index (χ4n) is 5.21. The Morgan fingerprint density at radius 2 is 1.64 bits per heavy atom. The van der Waals surface area contributed by atoms with Crippen LogP contribution < -0.4 is 0 Å². The predicted octanol–water partition coefficient (Wildman–Crippen LogP) is 4.01. The third-order valence-corrected chi connectivity index (χ3v) is 7.33. The molecule has 33 heavy (non-hydrogen) atoms. The summed E-state index contributed by atoms with van der Waals surface area (Å²) in [5.41, 5.74) is 2.38. The molecule has 6 nitrogen and oxygen atoms in total. The normalized spacial score (nSPS) is 21.1. The second kappa shape index (κ2) is 10.7. The van der Waals surface area contributed by atoms with E-state index in [1.54, 1.807) is 6.92 Å². The van der Waals surface area contributed by atoms with Gasteiger partial charge < -0.3 is 9.80 Å². The Bertz CT molecular complexity index is 945. The summed E-state index contributed by atoms with van der Waals surface area (Å²) >= 11 is 6.14. The van der Waals surface area contributed by atoms with Crippen LogP contribution in [0.15, 0.2) is 48.8 Å². The summed E-state index contributed by atoms with van der Waals surface area (Å²) in [6, 6.07) is 12.4. The van der Waals surface area contributed by atoms with E-state index < -0.39 is 0 Å². The molecule has 2 aliphatic heterocycles. The number of hydrogen-bond donors (Lipinski definition) is 0. The SMILES string of the molecule is CC(=O)N1CCC(CC(=O)N2CCN(C(c3ccncc3)c3ccc(Cl)cc3)CC2C)CC1. The number of likely N-dealkylation sites (tertiary alicyclic amines) is 1. The monoisotopic (exact) mass is 468 g/mol. The summed E-state index contributed by atoms with van der Waals surface area (Å²) in [6.07, 6.45) is 6.08. The maximum atomic E-state index is 13.2. The van der Waals surface area contributed by atoms with Crippen LogP contribution in [0, 0.1) is 5.92 Å². The number of benzene rings is 1. The lowest BCUT2D eigenvalue weighted by Crippen LogP contribution is -2.55. The third kappa shape index (κ3) is 5.74. The Morgan fingerprint density at radius 3 is 2.24 bits per heavy atom. The van der Waals surface area contributed by atoms with E-state index in [1.807, 2.05) is 29.4 Å². The summed E-state index contributed by atoms with van der Waals surface area (Å²) < 4.78 is 0. The molecule has 2 fully saturated rings. The Labute approximate surface area is 201 Å². The van der Waals surface area contributed by atoms with Crippen molar-refractivity contribution in [1.82, 2.24) is 19.7 Å². The lowest BCUT2D eigenvalue weighted by molar-refractivity contribution is -0.137. The highest BCUT2D eigenvalue weighted by atomic mass is 35.5. The second-order valence-corrected chi connectivity index (χ2v) is 9.76. The fourth-order valence-corrected chi connectivity index (χ4v) is 5.34. The first-order chi connectivity index (χ1) is 15.9. The average molecular weight is 469 g/mol. The molecule has 2 aliphatic rings. The summed E-state index contributed by atoms with van der Waals surface area (Å²) in [7, 11) is 0. The molecule has 1 aromatic carbocycles. The standard InChI is InChI=1S/C26H33ClN4O2/c1-19-18-30(26(23-7-11-28-12-8-23)22-3-5-24(27)6-4-22)15-16-31(19)25(33)17-21-9-13-29(14-10-21)20(2)32/h3-8,11-12,19,21,26H,9-10,13-18H2,1-2H3. The smallest absolute Gasteiger partial charge is 0.223 e. The first-order valence-corrected chi connectivity index (χ1v) is 12.2. The summed E-state index contributed by atoms with van der Waals surface area (Å²) in [5.74, 6) is 0.751. The highest BCUT2D eigenvalue weighted by molar-refractivity contribution is 6.30. The number of pyridine rings is 1. The van der Waals surface area contributed by atoms with Crippen molar-refractivity contribution >= 4 is 23.4 Å². The van der Waals surface area contributed by atoms with E-state index in [-0.39, 0.29) is 23.9 Å². The third-order valence-electron chi connectivity index (χ3n) is 7.08. The molecular weight excluding hydrogens is 436 g/mol. The molecule has 2 saturated heterocycles. The molecule has 2 unspecified atom stereocenters. The lowest BCUT2D eigenvalue weighted by atomic mass is 9.92.